The number of allylic oxidation sites excluding steroid dienone is 1. The normalized spacial score (nSPS) is 11.1. The Balaban J connectivity index is 2.85. The molecule has 0 radical (unpaired) electrons. The van der Waals surface area contributed by atoms with Crippen LogP contribution in [0.5, 0.6) is 11.5 Å². The highest BCUT2D eigenvalue weighted by molar-refractivity contribution is 6.17. The van der Waals surface area contributed by atoms with Gasteiger partial charge in [-0.15, -0.1) is 11.6 Å². The van der Waals surface area contributed by atoms with Crippen LogP contribution in [-0.2, 0) is 4.79 Å². The van der Waals surface area contributed by atoms with Crippen LogP contribution in [0.3, 0.4) is 0 Å². The lowest BCUT2D eigenvalue weighted by molar-refractivity contribution is -0.116. The average molecular weight is 298 g/mol. The van der Waals surface area contributed by atoms with Gasteiger partial charge in [0.2, 0.25) is 5.91 Å². The number of nitrogens with one attached hydrogen (secondary N) is 1. The Morgan fingerprint density at radius 3 is 2.70 bits per heavy atom. The van der Waals surface area contributed by atoms with Gasteiger partial charge < -0.3 is 14.8 Å². The van der Waals surface area contributed by atoms with Crippen molar-refractivity contribution in [3.8, 4) is 11.5 Å². The molecule has 0 heterocycles. The van der Waals surface area contributed by atoms with Crippen LogP contribution in [0.4, 0.5) is 0 Å². The van der Waals surface area contributed by atoms with Crippen molar-refractivity contribution in [1.29, 1.82) is 0 Å². The SMILES string of the molecule is COc1ccc(/C(C)=C/C(=O)NCCCCl)c(OC)c1. The first-order chi connectivity index (χ1) is 9.62. The molecule has 1 amide bonds. The van der Waals surface area contributed by atoms with Gasteiger partial charge in [0.1, 0.15) is 11.5 Å². The van der Waals surface area contributed by atoms with Crippen molar-refractivity contribution in [1.82, 2.24) is 5.32 Å². The molecule has 0 saturated carbocycles. The van der Waals surface area contributed by atoms with Gasteiger partial charge in [-0.25, -0.2) is 0 Å². The Morgan fingerprint density at radius 1 is 1.35 bits per heavy atom. The molecular formula is C15H20ClNO3. The van der Waals surface area contributed by atoms with Gasteiger partial charge in [0.15, 0.2) is 0 Å². The number of methoxy groups -OCH3 is 2. The summed E-state index contributed by atoms with van der Waals surface area (Å²) in [7, 11) is 3.19. The molecule has 0 fully saturated rings. The summed E-state index contributed by atoms with van der Waals surface area (Å²) in [5.74, 6) is 1.79. The van der Waals surface area contributed by atoms with Crippen LogP contribution < -0.4 is 14.8 Å². The van der Waals surface area contributed by atoms with Crippen LogP contribution in [0, 0.1) is 0 Å². The molecule has 0 saturated heterocycles. The number of carbonyl (C=O) groups is 1. The molecule has 0 aliphatic carbocycles. The van der Waals surface area contributed by atoms with E-state index in [1.54, 1.807) is 26.4 Å². The third kappa shape index (κ3) is 4.78. The number of rotatable bonds is 7. The van der Waals surface area contributed by atoms with Gasteiger partial charge in [0.25, 0.3) is 0 Å². The molecule has 1 rings (SSSR count). The third-order valence-electron chi connectivity index (χ3n) is 2.79. The minimum Gasteiger partial charge on any atom is -0.497 e. The number of carbonyl (C=O) groups excluding carboxylic acids is 1. The number of alkyl halides is 1. The lowest BCUT2D eigenvalue weighted by Crippen LogP contribution is -2.22. The van der Waals surface area contributed by atoms with Gasteiger partial charge in [-0.3, -0.25) is 4.79 Å². The summed E-state index contributed by atoms with van der Waals surface area (Å²) in [6.07, 6.45) is 2.31. The van der Waals surface area contributed by atoms with E-state index in [-0.39, 0.29) is 5.91 Å². The fraction of sp³-hybridized carbons (Fsp3) is 0.400. The summed E-state index contributed by atoms with van der Waals surface area (Å²) in [5.41, 5.74) is 1.69. The third-order valence-corrected chi connectivity index (χ3v) is 3.06. The van der Waals surface area contributed by atoms with E-state index in [9.17, 15) is 4.79 Å². The molecule has 20 heavy (non-hydrogen) atoms. The maximum absolute atomic E-state index is 11.7. The van der Waals surface area contributed by atoms with Crippen molar-refractivity contribution < 1.29 is 14.3 Å². The molecule has 110 valence electrons. The highest BCUT2D eigenvalue weighted by Crippen LogP contribution is 2.29. The first kappa shape index (κ1) is 16.4. The maximum Gasteiger partial charge on any atom is 0.244 e. The van der Waals surface area contributed by atoms with Crippen molar-refractivity contribution in [2.24, 2.45) is 0 Å². The van der Waals surface area contributed by atoms with E-state index in [2.05, 4.69) is 5.32 Å². The first-order valence-corrected chi connectivity index (χ1v) is 6.90. The standard InChI is InChI=1S/C15H20ClNO3/c1-11(9-15(18)17-8-4-7-16)13-6-5-12(19-2)10-14(13)20-3/h5-6,9-10H,4,7-8H2,1-3H3,(H,17,18)/b11-9+. The zero-order valence-corrected chi connectivity index (χ0v) is 12.8. The fourth-order valence-corrected chi connectivity index (χ4v) is 1.86. The summed E-state index contributed by atoms with van der Waals surface area (Å²) in [5, 5.41) is 2.78. The van der Waals surface area contributed by atoms with E-state index in [0.29, 0.717) is 23.9 Å². The average Bonchev–Trinajstić information content (AvgIpc) is 2.46. The Labute approximate surface area is 124 Å². The summed E-state index contributed by atoms with van der Waals surface area (Å²) in [6.45, 7) is 2.44. The molecule has 0 aromatic heterocycles. The minimum absolute atomic E-state index is 0.134. The molecule has 0 atom stereocenters. The van der Waals surface area contributed by atoms with Crippen LogP contribution in [0.1, 0.15) is 18.9 Å². The highest BCUT2D eigenvalue weighted by atomic mass is 35.5. The number of benzene rings is 1. The van der Waals surface area contributed by atoms with E-state index < -0.39 is 0 Å². The Kier molecular flexibility index (Phi) is 6.94. The second-order valence-corrected chi connectivity index (χ2v) is 4.61. The Bertz CT molecular complexity index is 486. The summed E-state index contributed by atoms with van der Waals surface area (Å²) in [6, 6.07) is 5.49. The smallest absolute Gasteiger partial charge is 0.244 e. The summed E-state index contributed by atoms with van der Waals surface area (Å²) < 4.78 is 10.5. The van der Waals surface area contributed by atoms with Gasteiger partial charge >= 0.3 is 0 Å². The lowest BCUT2D eigenvalue weighted by atomic mass is 10.1. The predicted molar refractivity (Wildman–Crippen MR) is 81.5 cm³/mol. The van der Waals surface area contributed by atoms with Crippen molar-refractivity contribution in [2.75, 3.05) is 26.6 Å². The number of ether oxygens (including phenoxy) is 2. The van der Waals surface area contributed by atoms with E-state index in [4.69, 9.17) is 21.1 Å². The fourth-order valence-electron chi connectivity index (χ4n) is 1.73. The van der Waals surface area contributed by atoms with Gasteiger partial charge in [0, 0.05) is 30.1 Å². The number of halogens is 1. The van der Waals surface area contributed by atoms with Gasteiger partial charge in [-0.1, -0.05) is 0 Å². The van der Waals surface area contributed by atoms with Crippen LogP contribution in [0.25, 0.3) is 5.57 Å². The van der Waals surface area contributed by atoms with E-state index in [1.807, 2.05) is 19.1 Å². The molecule has 0 aliphatic heterocycles. The zero-order valence-electron chi connectivity index (χ0n) is 12.0. The summed E-state index contributed by atoms with van der Waals surface area (Å²) >= 11 is 5.56. The van der Waals surface area contributed by atoms with Crippen molar-refractivity contribution in [3.05, 3.63) is 29.8 Å². The Morgan fingerprint density at radius 2 is 2.10 bits per heavy atom. The molecule has 5 heteroatoms. The summed E-state index contributed by atoms with van der Waals surface area (Å²) in [4.78, 5) is 11.7. The second kappa shape index (κ2) is 8.48. The van der Waals surface area contributed by atoms with Crippen molar-refractivity contribution >= 4 is 23.1 Å². The van der Waals surface area contributed by atoms with Crippen LogP contribution in [0.2, 0.25) is 0 Å². The highest BCUT2D eigenvalue weighted by Gasteiger charge is 2.08. The minimum atomic E-state index is -0.134. The number of hydrogen-bond donors (Lipinski definition) is 1. The van der Waals surface area contributed by atoms with E-state index in [1.165, 1.54) is 0 Å². The second-order valence-electron chi connectivity index (χ2n) is 4.23. The molecule has 1 N–H and O–H groups in total. The largest absolute Gasteiger partial charge is 0.497 e. The van der Waals surface area contributed by atoms with E-state index >= 15 is 0 Å². The zero-order chi connectivity index (χ0) is 15.0. The van der Waals surface area contributed by atoms with Crippen LogP contribution in [-0.4, -0.2) is 32.6 Å². The molecular weight excluding hydrogens is 278 g/mol. The molecule has 0 aliphatic rings. The topological polar surface area (TPSA) is 47.6 Å². The lowest BCUT2D eigenvalue weighted by Gasteiger charge is -2.11. The van der Waals surface area contributed by atoms with Crippen molar-refractivity contribution in [3.63, 3.8) is 0 Å². The number of hydrogen-bond acceptors (Lipinski definition) is 3. The molecule has 1 aromatic rings. The molecule has 0 unspecified atom stereocenters. The first-order valence-electron chi connectivity index (χ1n) is 6.37. The Hall–Kier alpha value is -1.68. The maximum atomic E-state index is 11.7. The van der Waals surface area contributed by atoms with Gasteiger partial charge in [-0.2, -0.15) is 0 Å². The van der Waals surface area contributed by atoms with Crippen molar-refractivity contribution in [2.45, 2.75) is 13.3 Å². The molecule has 0 spiro atoms. The quantitative estimate of drug-likeness (QED) is 0.478. The molecule has 1 aromatic carbocycles. The van der Waals surface area contributed by atoms with Gasteiger partial charge in [-0.05, 0) is 31.1 Å². The number of amides is 1. The molecule has 4 nitrogen and oxygen atoms in total. The molecule has 0 bridgehead atoms. The van der Waals surface area contributed by atoms with Crippen LogP contribution in [0.15, 0.2) is 24.3 Å². The van der Waals surface area contributed by atoms with E-state index in [0.717, 1.165) is 17.6 Å². The van der Waals surface area contributed by atoms with Crippen LogP contribution >= 0.6 is 11.6 Å². The van der Waals surface area contributed by atoms with Gasteiger partial charge in [0.05, 0.1) is 14.2 Å². The monoisotopic (exact) mass is 297 g/mol. The predicted octanol–water partition coefficient (Wildman–Crippen LogP) is 2.85.